The molecule has 0 saturated heterocycles. The molecule has 110 valence electrons. The number of hydrogen-bond acceptors (Lipinski definition) is 2. The van der Waals surface area contributed by atoms with Gasteiger partial charge in [0.2, 0.25) is 0 Å². The molecule has 1 aromatic carbocycles. The SMILES string of the molecule is O=C(Nc1ccn(Cc2ccccc2)n1)NC1CCCC1. The van der Waals surface area contributed by atoms with E-state index in [1.165, 1.54) is 18.4 Å². The molecule has 0 aliphatic heterocycles. The number of anilines is 1. The highest BCUT2D eigenvalue weighted by molar-refractivity contribution is 5.88. The molecular weight excluding hydrogens is 264 g/mol. The lowest BCUT2D eigenvalue weighted by Crippen LogP contribution is -2.36. The molecule has 0 bridgehead atoms. The monoisotopic (exact) mass is 284 g/mol. The molecule has 3 rings (SSSR count). The molecule has 1 aromatic heterocycles. The molecule has 0 radical (unpaired) electrons. The van der Waals surface area contributed by atoms with Crippen LogP contribution in [0.3, 0.4) is 0 Å². The van der Waals surface area contributed by atoms with E-state index in [0.717, 1.165) is 12.8 Å². The van der Waals surface area contributed by atoms with Crippen molar-refractivity contribution >= 4 is 11.8 Å². The average Bonchev–Trinajstić information content (AvgIpc) is 3.12. The van der Waals surface area contributed by atoms with Crippen LogP contribution in [-0.2, 0) is 6.54 Å². The maximum absolute atomic E-state index is 11.9. The predicted molar refractivity (Wildman–Crippen MR) is 82.2 cm³/mol. The number of carbonyl (C=O) groups excluding carboxylic acids is 1. The van der Waals surface area contributed by atoms with Crippen LogP contribution in [-0.4, -0.2) is 21.9 Å². The minimum atomic E-state index is -0.160. The molecule has 5 heteroatoms. The molecule has 0 spiro atoms. The minimum Gasteiger partial charge on any atom is -0.335 e. The Kier molecular flexibility index (Phi) is 4.19. The Labute approximate surface area is 124 Å². The molecule has 1 heterocycles. The fraction of sp³-hybridized carbons (Fsp3) is 0.375. The number of aromatic nitrogens is 2. The first kappa shape index (κ1) is 13.7. The molecule has 0 unspecified atom stereocenters. The van der Waals surface area contributed by atoms with E-state index in [0.29, 0.717) is 18.4 Å². The van der Waals surface area contributed by atoms with E-state index >= 15 is 0 Å². The van der Waals surface area contributed by atoms with Crippen molar-refractivity contribution in [3.05, 3.63) is 48.2 Å². The molecule has 2 amide bonds. The molecular formula is C16H20N4O. The quantitative estimate of drug-likeness (QED) is 0.906. The van der Waals surface area contributed by atoms with Crippen LogP contribution in [0.25, 0.3) is 0 Å². The largest absolute Gasteiger partial charge is 0.335 e. The third kappa shape index (κ3) is 3.84. The maximum atomic E-state index is 11.9. The smallest absolute Gasteiger partial charge is 0.320 e. The summed E-state index contributed by atoms with van der Waals surface area (Å²) in [5.74, 6) is 0.585. The van der Waals surface area contributed by atoms with Crippen LogP contribution in [0, 0.1) is 0 Å². The Bertz CT molecular complexity index is 587. The number of rotatable bonds is 4. The highest BCUT2D eigenvalue weighted by atomic mass is 16.2. The van der Waals surface area contributed by atoms with Crippen LogP contribution in [0.2, 0.25) is 0 Å². The summed E-state index contributed by atoms with van der Waals surface area (Å²) in [4.78, 5) is 11.9. The van der Waals surface area contributed by atoms with Crippen LogP contribution in [0.1, 0.15) is 31.2 Å². The van der Waals surface area contributed by atoms with Gasteiger partial charge >= 0.3 is 6.03 Å². The third-order valence-corrected chi connectivity index (χ3v) is 3.76. The number of amides is 2. The summed E-state index contributed by atoms with van der Waals surface area (Å²) in [6.07, 6.45) is 6.44. The lowest BCUT2D eigenvalue weighted by Gasteiger charge is -2.11. The first-order chi connectivity index (χ1) is 10.3. The van der Waals surface area contributed by atoms with Gasteiger partial charge in [0.1, 0.15) is 0 Å². The van der Waals surface area contributed by atoms with Gasteiger partial charge in [-0.1, -0.05) is 43.2 Å². The molecule has 1 aliphatic rings. The molecule has 1 aliphatic carbocycles. The Morgan fingerprint density at radius 1 is 1.19 bits per heavy atom. The topological polar surface area (TPSA) is 59.0 Å². The summed E-state index contributed by atoms with van der Waals surface area (Å²) in [6.45, 7) is 0.701. The Morgan fingerprint density at radius 2 is 1.95 bits per heavy atom. The van der Waals surface area contributed by atoms with Crippen molar-refractivity contribution in [2.24, 2.45) is 0 Å². The molecule has 1 fully saturated rings. The van der Waals surface area contributed by atoms with Crippen LogP contribution in [0.15, 0.2) is 42.6 Å². The van der Waals surface area contributed by atoms with Gasteiger partial charge < -0.3 is 5.32 Å². The molecule has 2 N–H and O–H groups in total. The number of hydrogen-bond donors (Lipinski definition) is 2. The van der Waals surface area contributed by atoms with E-state index in [4.69, 9.17) is 0 Å². The normalized spacial score (nSPS) is 15.0. The van der Waals surface area contributed by atoms with E-state index in [9.17, 15) is 4.79 Å². The summed E-state index contributed by atoms with van der Waals surface area (Å²) < 4.78 is 1.82. The molecule has 1 saturated carbocycles. The van der Waals surface area contributed by atoms with Crippen molar-refractivity contribution in [1.29, 1.82) is 0 Å². The lowest BCUT2D eigenvalue weighted by molar-refractivity contribution is 0.248. The van der Waals surface area contributed by atoms with Crippen LogP contribution >= 0.6 is 0 Å². The van der Waals surface area contributed by atoms with E-state index in [-0.39, 0.29) is 6.03 Å². The van der Waals surface area contributed by atoms with Crippen LogP contribution in [0.5, 0.6) is 0 Å². The highest BCUT2D eigenvalue weighted by Gasteiger charge is 2.17. The highest BCUT2D eigenvalue weighted by Crippen LogP contribution is 2.17. The van der Waals surface area contributed by atoms with Gasteiger partial charge in [-0.3, -0.25) is 10.00 Å². The number of urea groups is 1. The molecule has 2 aromatic rings. The van der Waals surface area contributed by atoms with Crippen molar-refractivity contribution in [2.75, 3.05) is 5.32 Å². The van der Waals surface area contributed by atoms with Gasteiger partial charge in [-0.25, -0.2) is 4.79 Å². The summed E-state index contributed by atoms with van der Waals surface area (Å²) in [6, 6.07) is 12.1. The second-order valence-electron chi connectivity index (χ2n) is 5.46. The van der Waals surface area contributed by atoms with Crippen molar-refractivity contribution in [3.8, 4) is 0 Å². The second-order valence-corrected chi connectivity index (χ2v) is 5.46. The third-order valence-electron chi connectivity index (χ3n) is 3.76. The second kappa shape index (κ2) is 6.43. The summed E-state index contributed by atoms with van der Waals surface area (Å²) in [5.41, 5.74) is 1.18. The minimum absolute atomic E-state index is 0.160. The van der Waals surface area contributed by atoms with Crippen LogP contribution < -0.4 is 10.6 Å². The van der Waals surface area contributed by atoms with E-state index in [1.54, 1.807) is 0 Å². The van der Waals surface area contributed by atoms with Gasteiger partial charge in [-0.05, 0) is 18.4 Å². The van der Waals surface area contributed by atoms with Crippen molar-refractivity contribution in [2.45, 2.75) is 38.3 Å². The Morgan fingerprint density at radius 3 is 2.71 bits per heavy atom. The van der Waals surface area contributed by atoms with Gasteiger partial charge in [0.05, 0.1) is 6.54 Å². The van der Waals surface area contributed by atoms with Crippen molar-refractivity contribution in [1.82, 2.24) is 15.1 Å². The predicted octanol–water partition coefficient (Wildman–Crippen LogP) is 3.00. The summed E-state index contributed by atoms with van der Waals surface area (Å²) in [5, 5.41) is 10.1. The first-order valence-corrected chi connectivity index (χ1v) is 7.44. The van der Waals surface area contributed by atoms with Gasteiger partial charge in [-0.15, -0.1) is 0 Å². The standard InChI is InChI=1S/C16H20N4O/c21-16(17-14-8-4-5-9-14)18-15-10-11-20(19-15)12-13-6-2-1-3-7-13/h1-3,6-7,10-11,14H,4-5,8-9,12H2,(H2,17,18,19,21). The maximum Gasteiger partial charge on any atom is 0.320 e. The number of nitrogens with one attached hydrogen (secondary N) is 2. The number of benzene rings is 1. The fourth-order valence-electron chi connectivity index (χ4n) is 2.69. The van der Waals surface area contributed by atoms with E-state index < -0.39 is 0 Å². The fourth-order valence-corrected chi connectivity index (χ4v) is 2.69. The van der Waals surface area contributed by atoms with Gasteiger partial charge in [0.25, 0.3) is 0 Å². The number of carbonyl (C=O) groups is 1. The zero-order chi connectivity index (χ0) is 14.5. The summed E-state index contributed by atoms with van der Waals surface area (Å²) >= 11 is 0. The Hall–Kier alpha value is -2.30. The summed E-state index contributed by atoms with van der Waals surface area (Å²) in [7, 11) is 0. The van der Waals surface area contributed by atoms with E-state index in [2.05, 4.69) is 27.9 Å². The number of nitrogens with zero attached hydrogens (tertiary/aromatic N) is 2. The van der Waals surface area contributed by atoms with Gasteiger partial charge in [0.15, 0.2) is 5.82 Å². The molecule has 0 atom stereocenters. The van der Waals surface area contributed by atoms with Gasteiger partial charge in [0, 0.05) is 18.3 Å². The Balaban J connectivity index is 1.53. The molecule has 5 nitrogen and oxygen atoms in total. The lowest BCUT2D eigenvalue weighted by atomic mass is 10.2. The van der Waals surface area contributed by atoms with Crippen LogP contribution in [0.4, 0.5) is 10.6 Å². The van der Waals surface area contributed by atoms with Crippen molar-refractivity contribution in [3.63, 3.8) is 0 Å². The molecule has 21 heavy (non-hydrogen) atoms. The van der Waals surface area contributed by atoms with Gasteiger partial charge in [-0.2, -0.15) is 5.10 Å². The zero-order valence-electron chi connectivity index (χ0n) is 12.0. The zero-order valence-corrected chi connectivity index (χ0v) is 12.0. The van der Waals surface area contributed by atoms with E-state index in [1.807, 2.05) is 35.1 Å². The van der Waals surface area contributed by atoms with Crippen molar-refractivity contribution < 1.29 is 4.79 Å². The first-order valence-electron chi connectivity index (χ1n) is 7.44. The average molecular weight is 284 g/mol.